The molecule has 0 amide bonds. The summed E-state index contributed by atoms with van der Waals surface area (Å²) < 4.78 is 4.83. The van der Waals surface area contributed by atoms with Crippen LogP contribution < -0.4 is 0 Å². The second-order valence-corrected chi connectivity index (χ2v) is 4.23. The van der Waals surface area contributed by atoms with E-state index in [9.17, 15) is 4.79 Å². The third-order valence-electron chi connectivity index (χ3n) is 2.49. The van der Waals surface area contributed by atoms with E-state index in [1.807, 2.05) is 12.1 Å². The molecule has 1 aromatic carbocycles. The van der Waals surface area contributed by atoms with E-state index in [1.54, 1.807) is 31.3 Å². The molecule has 0 aliphatic heterocycles. The molecular formula is C14H13ClN2O2. The maximum Gasteiger partial charge on any atom is 0.330 e. The van der Waals surface area contributed by atoms with Crippen molar-refractivity contribution < 1.29 is 9.53 Å². The van der Waals surface area contributed by atoms with Gasteiger partial charge in [0.15, 0.2) is 0 Å². The van der Waals surface area contributed by atoms with E-state index in [2.05, 4.69) is 10.2 Å². The molecule has 1 heterocycles. The molecule has 0 fully saturated rings. The van der Waals surface area contributed by atoms with Gasteiger partial charge in [-0.15, -0.1) is 0 Å². The Morgan fingerprint density at radius 3 is 2.84 bits per heavy atom. The molecule has 0 spiro atoms. The first-order valence-corrected chi connectivity index (χ1v) is 6.22. The maximum atomic E-state index is 11.3. The number of hydrogen-bond donors (Lipinski definition) is 1. The van der Waals surface area contributed by atoms with Gasteiger partial charge in [0.25, 0.3) is 0 Å². The molecular weight excluding hydrogens is 264 g/mol. The summed E-state index contributed by atoms with van der Waals surface area (Å²) in [6.45, 7) is 2.13. The van der Waals surface area contributed by atoms with Gasteiger partial charge in [0.05, 0.1) is 18.5 Å². The molecule has 0 unspecified atom stereocenters. The first-order valence-electron chi connectivity index (χ1n) is 5.85. The Bertz CT molecular complexity index is 588. The van der Waals surface area contributed by atoms with Crippen molar-refractivity contribution in [3.05, 3.63) is 47.1 Å². The Labute approximate surface area is 116 Å². The number of aromatic nitrogens is 2. The van der Waals surface area contributed by atoms with E-state index in [-0.39, 0.29) is 5.97 Å². The zero-order valence-corrected chi connectivity index (χ0v) is 11.1. The molecule has 0 aliphatic rings. The zero-order valence-electron chi connectivity index (χ0n) is 10.4. The summed E-state index contributed by atoms with van der Waals surface area (Å²) in [5.41, 5.74) is 2.60. The number of benzene rings is 1. The fourth-order valence-electron chi connectivity index (χ4n) is 1.62. The molecule has 19 heavy (non-hydrogen) atoms. The number of hydrogen-bond acceptors (Lipinski definition) is 3. The first-order chi connectivity index (χ1) is 9.20. The molecule has 0 aliphatic carbocycles. The van der Waals surface area contributed by atoms with Gasteiger partial charge < -0.3 is 4.74 Å². The predicted molar refractivity (Wildman–Crippen MR) is 74.7 cm³/mol. The smallest absolute Gasteiger partial charge is 0.330 e. The van der Waals surface area contributed by atoms with E-state index in [4.69, 9.17) is 16.3 Å². The van der Waals surface area contributed by atoms with Crippen molar-refractivity contribution in [1.82, 2.24) is 10.2 Å². The summed E-state index contributed by atoms with van der Waals surface area (Å²) in [6, 6.07) is 7.38. The lowest BCUT2D eigenvalue weighted by atomic mass is 10.1. The zero-order chi connectivity index (χ0) is 13.7. The highest BCUT2D eigenvalue weighted by Crippen LogP contribution is 2.23. The molecule has 1 aromatic heterocycles. The van der Waals surface area contributed by atoms with Crippen molar-refractivity contribution in [2.45, 2.75) is 6.92 Å². The van der Waals surface area contributed by atoms with Gasteiger partial charge in [-0.2, -0.15) is 5.10 Å². The van der Waals surface area contributed by atoms with Crippen LogP contribution in [0.2, 0.25) is 5.02 Å². The molecule has 0 bridgehead atoms. The predicted octanol–water partition coefficient (Wildman–Crippen LogP) is 3.31. The van der Waals surface area contributed by atoms with E-state index in [0.29, 0.717) is 11.6 Å². The average molecular weight is 277 g/mol. The van der Waals surface area contributed by atoms with Crippen molar-refractivity contribution in [2.24, 2.45) is 0 Å². The minimum absolute atomic E-state index is 0.360. The molecule has 5 heteroatoms. The Balaban J connectivity index is 2.22. The van der Waals surface area contributed by atoms with Crippen LogP contribution in [0.1, 0.15) is 12.5 Å². The van der Waals surface area contributed by atoms with Gasteiger partial charge in [0.2, 0.25) is 0 Å². The van der Waals surface area contributed by atoms with Crippen LogP contribution in [0.3, 0.4) is 0 Å². The van der Waals surface area contributed by atoms with Crippen LogP contribution in [-0.4, -0.2) is 22.8 Å². The van der Waals surface area contributed by atoms with Gasteiger partial charge in [-0.3, -0.25) is 5.10 Å². The second-order valence-electron chi connectivity index (χ2n) is 3.79. The summed E-state index contributed by atoms with van der Waals surface area (Å²) in [5.74, 6) is -0.370. The monoisotopic (exact) mass is 276 g/mol. The summed E-state index contributed by atoms with van der Waals surface area (Å²) >= 11 is 5.85. The Hall–Kier alpha value is -2.07. The second kappa shape index (κ2) is 6.20. The first kappa shape index (κ1) is 13.4. The standard InChI is InChI=1S/C14H13ClN2O2/c1-2-19-13(18)8-5-11-9-16-17-14(11)10-3-6-12(15)7-4-10/h3-9H,2H2,1H3,(H,16,17). The number of nitrogens with zero attached hydrogens (tertiary/aromatic N) is 1. The average Bonchev–Trinajstić information content (AvgIpc) is 2.86. The topological polar surface area (TPSA) is 55.0 Å². The molecule has 0 saturated heterocycles. The highest BCUT2D eigenvalue weighted by atomic mass is 35.5. The van der Waals surface area contributed by atoms with Crippen molar-refractivity contribution in [2.75, 3.05) is 6.61 Å². The van der Waals surface area contributed by atoms with Crippen LogP contribution in [-0.2, 0) is 9.53 Å². The fraction of sp³-hybridized carbons (Fsp3) is 0.143. The van der Waals surface area contributed by atoms with Gasteiger partial charge in [-0.1, -0.05) is 23.7 Å². The fourth-order valence-corrected chi connectivity index (χ4v) is 1.74. The normalized spacial score (nSPS) is 10.8. The Kier molecular flexibility index (Phi) is 4.36. The number of aromatic amines is 1. The Morgan fingerprint density at radius 2 is 2.16 bits per heavy atom. The largest absolute Gasteiger partial charge is 0.463 e. The van der Waals surface area contributed by atoms with E-state index < -0.39 is 0 Å². The van der Waals surface area contributed by atoms with Crippen molar-refractivity contribution in [1.29, 1.82) is 0 Å². The lowest BCUT2D eigenvalue weighted by molar-refractivity contribution is -0.137. The highest BCUT2D eigenvalue weighted by Gasteiger charge is 2.05. The summed E-state index contributed by atoms with van der Waals surface area (Å²) in [5, 5.41) is 7.56. The van der Waals surface area contributed by atoms with Gasteiger partial charge >= 0.3 is 5.97 Å². The molecule has 0 atom stereocenters. The maximum absolute atomic E-state index is 11.3. The van der Waals surface area contributed by atoms with Crippen LogP contribution >= 0.6 is 11.6 Å². The summed E-state index contributed by atoms with van der Waals surface area (Å²) in [4.78, 5) is 11.3. The minimum atomic E-state index is -0.370. The van der Waals surface area contributed by atoms with Crippen LogP contribution in [0.4, 0.5) is 0 Å². The number of carbonyl (C=O) groups is 1. The summed E-state index contributed by atoms with van der Waals surface area (Å²) in [6.07, 6.45) is 4.71. The molecule has 1 N–H and O–H groups in total. The number of ether oxygens (including phenoxy) is 1. The third kappa shape index (κ3) is 3.45. The molecule has 2 aromatic rings. The van der Waals surface area contributed by atoms with E-state index >= 15 is 0 Å². The number of halogens is 1. The lowest BCUT2D eigenvalue weighted by Gasteiger charge is -2.00. The van der Waals surface area contributed by atoms with Gasteiger partial charge in [-0.05, 0) is 25.1 Å². The number of esters is 1. The van der Waals surface area contributed by atoms with Gasteiger partial charge in [0, 0.05) is 22.2 Å². The molecule has 2 rings (SSSR count). The molecule has 98 valence electrons. The number of rotatable bonds is 4. The van der Waals surface area contributed by atoms with Crippen molar-refractivity contribution in [3.63, 3.8) is 0 Å². The number of H-pyrrole nitrogens is 1. The van der Waals surface area contributed by atoms with Crippen LogP contribution in [0, 0.1) is 0 Å². The summed E-state index contributed by atoms with van der Waals surface area (Å²) in [7, 11) is 0. The Morgan fingerprint density at radius 1 is 1.42 bits per heavy atom. The van der Waals surface area contributed by atoms with Crippen LogP contribution in [0.15, 0.2) is 36.5 Å². The van der Waals surface area contributed by atoms with E-state index in [0.717, 1.165) is 16.8 Å². The minimum Gasteiger partial charge on any atom is -0.463 e. The molecule has 4 nitrogen and oxygen atoms in total. The number of nitrogens with one attached hydrogen (secondary N) is 1. The van der Waals surface area contributed by atoms with E-state index in [1.165, 1.54) is 6.08 Å². The quantitative estimate of drug-likeness (QED) is 0.688. The highest BCUT2D eigenvalue weighted by molar-refractivity contribution is 6.30. The third-order valence-corrected chi connectivity index (χ3v) is 2.74. The molecule has 0 saturated carbocycles. The van der Waals surface area contributed by atoms with Gasteiger partial charge in [-0.25, -0.2) is 4.79 Å². The lowest BCUT2D eigenvalue weighted by Crippen LogP contribution is -1.98. The van der Waals surface area contributed by atoms with Crippen LogP contribution in [0.5, 0.6) is 0 Å². The van der Waals surface area contributed by atoms with Crippen molar-refractivity contribution in [3.8, 4) is 11.3 Å². The van der Waals surface area contributed by atoms with Gasteiger partial charge in [0.1, 0.15) is 0 Å². The SMILES string of the molecule is CCOC(=O)C=Cc1cn[nH]c1-c1ccc(Cl)cc1. The molecule has 0 radical (unpaired) electrons. The van der Waals surface area contributed by atoms with Crippen LogP contribution in [0.25, 0.3) is 17.3 Å². The number of carbonyl (C=O) groups excluding carboxylic acids is 1. The van der Waals surface area contributed by atoms with Crippen molar-refractivity contribution >= 4 is 23.6 Å².